The molecule has 0 radical (unpaired) electrons. The van der Waals surface area contributed by atoms with Crippen LogP contribution in [0.2, 0.25) is 0 Å². The fourth-order valence-corrected chi connectivity index (χ4v) is 2.65. The summed E-state index contributed by atoms with van der Waals surface area (Å²) in [5, 5.41) is 8.05. The molecule has 5 nitrogen and oxygen atoms in total. The Morgan fingerprint density at radius 3 is 2.55 bits per heavy atom. The minimum atomic E-state index is -0.364. The maximum atomic E-state index is 12.8. The lowest BCUT2D eigenvalue weighted by Crippen LogP contribution is -2.47. The summed E-state index contributed by atoms with van der Waals surface area (Å²) in [6.07, 6.45) is 4.44. The van der Waals surface area contributed by atoms with Crippen molar-refractivity contribution < 1.29 is 14.0 Å². The third-order valence-corrected chi connectivity index (χ3v) is 3.97. The summed E-state index contributed by atoms with van der Waals surface area (Å²) in [5.41, 5.74) is 0.495. The van der Waals surface area contributed by atoms with Gasteiger partial charge in [0.2, 0.25) is 5.91 Å². The molecule has 2 atom stereocenters. The highest BCUT2D eigenvalue weighted by atomic mass is 19.1. The normalized spacial score (nSPS) is 21.0. The molecule has 2 rings (SSSR count). The molecule has 0 spiro atoms. The zero-order chi connectivity index (χ0) is 15.9. The Morgan fingerprint density at radius 1 is 1.18 bits per heavy atom. The summed E-state index contributed by atoms with van der Waals surface area (Å²) in [5.74, 6) is -0.247. The largest absolute Gasteiger partial charge is 0.335 e. The van der Waals surface area contributed by atoms with Gasteiger partial charge in [-0.2, -0.15) is 0 Å². The third-order valence-electron chi connectivity index (χ3n) is 3.97. The number of urea groups is 1. The van der Waals surface area contributed by atoms with Crippen LogP contribution >= 0.6 is 0 Å². The molecule has 22 heavy (non-hydrogen) atoms. The number of carbonyl (C=O) groups is 2. The van der Waals surface area contributed by atoms with Gasteiger partial charge in [-0.25, -0.2) is 9.18 Å². The minimum Gasteiger partial charge on any atom is -0.335 e. The SMILES string of the molecule is CC1CCCCC1NC(=O)NCC(=O)Nc1ccc(F)cc1. The van der Waals surface area contributed by atoms with E-state index in [1.807, 2.05) is 0 Å². The second-order valence-corrected chi connectivity index (χ2v) is 5.75. The Bertz CT molecular complexity index is 519. The van der Waals surface area contributed by atoms with Crippen LogP contribution in [0.3, 0.4) is 0 Å². The number of nitrogens with one attached hydrogen (secondary N) is 3. The van der Waals surface area contributed by atoms with Crippen molar-refractivity contribution in [1.82, 2.24) is 10.6 Å². The number of halogens is 1. The molecular formula is C16H22FN3O2. The molecular weight excluding hydrogens is 285 g/mol. The van der Waals surface area contributed by atoms with Crippen LogP contribution in [0.15, 0.2) is 24.3 Å². The Labute approximate surface area is 129 Å². The van der Waals surface area contributed by atoms with E-state index in [2.05, 4.69) is 22.9 Å². The lowest BCUT2D eigenvalue weighted by atomic mass is 9.86. The zero-order valence-electron chi connectivity index (χ0n) is 12.7. The van der Waals surface area contributed by atoms with Crippen LogP contribution in [0.5, 0.6) is 0 Å². The second-order valence-electron chi connectivity index (χ2n) is 5.75. The zero-order valence-corrected chi connectivity index (χ0v) is 12.7. The first-order valence-electron chi connectivity index (χ1n) is 7.64. The maximum absolute atomic E-state index is 12.8. The van der Waals surface area contributed by atoms with E-state index in [0.29, 0.717) is 11.6 Å². The molecule has 2 unspecified atom stereocenters. The molecule has 1 aliphatic carbocycles. The first-order valence-corrected chi connectivity index (χ1v) is 7.64. The van der Waals surface area contributed by atoms with Crippen molar-refractivity contribution in [1.29, 1.82) is 0 Å². The first-order chi connectivity index (χ1) is 10.5. The summed E-state index contributed by atoms with van der Waals surface area (Å²) >= 11 is 0. The number of carbonyl (C=O) groups excluding carboxylic acids is 2. The fourth-order valence-electron chi connectivity index (χ4n) is 2.65. The van der Waals surface area contributed by atoms with E-state index in [1.54, 1.807) is 0 Å². The highest BCUT2D eigenvalue weighted by molar-refractivity contribution is 5.94. The quantitative estimate of drug-likeness (QED) is 0.800. The molecule has 0 bridgehead atoms. The van der Waals surface area contributed by atoms with Crippen molar-refractivity contribution in [3.63, 3.8) is 0 Å². The third kappa shape index (κ3) is 5.02. The van der Waals surface area contributed by atoms with E-state index in [0.717, 1.165) is 19.3 Å². The van der Waals surface area contributed by atoms with E-state index < -0.39 is 0 Å². The Morgan fingerprint density at radius 2 is 1.86 bits per heavy atom. The molecule has 1 saturated carbocycles. The molecule has 120 valence electrons. The van der Waals surface area contributed by atoms with Crippen molar-refractivity contribution in [2.75, 3.05) is 11.9 Å². The predicted molar refractivity (Wildman–Crippen MR) is 83.0 cm³/mol. The molecule has 3 N–H and O–H groups in total. The number of anilines is 1. The molecule has 1 fully saturated rings. The molecule has 0 saturated heterocycles. The first kappa shape index (κ1) is 16.3. The number of rotatable bonds is 4. The smallest absolute Gasteiger partial charge is 0.315 e. The Balaban J connectivity index is 1.71. The van der Waals surface area contributed by atoms with Gasteiger partial charge < -0.3 is 16.0 Å². The van der Waals surface area contributed by atoms with Crippen LogP contribution in [0.1, 0.15) is 32.6 Å². The van der Waals surface area contributed by atoms with E-state index in [-0.39, 0.29) is 30.3 Å². The summed E-state index contributed by atoms with van der Waals surface area (Å²) in [7, 11) is 0. The highest BCUT2D eigenvalue weighted by Gasteiger charge is 2.22. The Hall–Kier alpha value is -2.11. The van der Waals surface area contributed by atoms with Crippen molar-refractivity contribution in [2.24, 2.45) is 5.92 Å². The molecule has 6 heteroatoms. The van der Waals surface area contributed by atoms with E-state index >= 15 is 0 Å². The summed E-state index contributed by atoms with van der Waals surface area (Å²) < 4.78 is 12.8. The molecule has 0 heterocycles. The van der Waals surface area contributed by atoms with Crippen molar-refractivity contribution >= 4 is 17.6 Å². The van der Waals surface area contributed by atoms with Gasteiger partial charge in [0.15, 0.2) is 0 Å². The molecule has 1 aliphatic rings. The van der Waals surface area contributed by atoms with E-state index in [4.69, 9.17) is 0 Å². The topological polar surface area (TPSA) is 70.2 Å². The van der Waals surface area contributed by atoms with Gasteiger partial charge in [-0.15, -0.1) is 0 Å². The standard InChI is InChI=1S/C16H22FN3O2/c1-11-4-2-3-5-14(11)20-16(22)18-10-15(21)19-13-8-6-12(17)7-9-13/h6-9,11,14H,2-5,10H2,1H3,(H,19,21)(H2,18,20,22). The molecule has 3 amide bonds. The van der Waals surface area contributed by atoms with E-state index in [1.165, 1.54) is 30.7 Å². The average molecular weight is 307 g/mol. The average Bonchev–Trinajstić information content (AvgIpc) is 2.50. The van der Waals surface area contributed by atoms with Gasteiger partial charge >= 0.3 is 6.03 Å². The lowest BCUT2D eigenvalue weighted by molar-refractivity contribution is -0.115. The fraction of sp³-hybridized carbons (Fsp3) is 0.500. The lowest BCUT2D eigenvalue weighted by Gasteiger charge is -2.29. The number of benzene rings is 1. The van der Waals surface area contributed by atoms with Gasteiger partial charge in [0.05, 0.1) is 6.54 Å². The summed E-state index contributed by atoms with van der Waals surface area (Å²) in [6, 6.07) is 5.32. The van der Waals surface area contributed by atoms with Gasteiger partial charge in [-0.05, 0) is 43.0 Å². The van der Waals surface area contributed by atoms with Crippen molar-refractivity contribution in [2.45, 2.75) is 38.6 Å². The second kappa shape index (κ2) is 7.77. The maximum Gasteiger partial charge on any atom is 0.315 e. The van der Waals surface area contributed by atoms with Crippen LogP contribution in [0.25, 0.3) is 0 Å². The van der Waals surface area contributed by atoms with Gasteiger partial charge in [0.25, 0.3) is 0 Å². The van der Waals surface area contributed by atoms with Crippen LogP contribution in [-0.2, 0) is 4.79 Å². The molecule has 1 aromatic rings. The molecule has 0 aliphatic heterocycles. The Kier molecular flexibility index (Phi) is 5.75. The summed E-state index contributed by atoms with van der Waals surface area (Å²) in [6.45, 7) is 2.01. The van der Waals surface area contributed by atoms with Crippen LogP contribution in [0, 0.1) is 11.7 Å². The van der Waals surface area contributed by atoms with Crippen LogP contribution in [-0.4, -0.2) is 24.5 Å². The van der Waals surface area contributed by atoms with Gasteiger partial charge in [-0.3, -0.25) is 4.79 Å². The summed E-state index contributed by atoms with van der Waals surface area (Å²) in [4.78, 5) is 23.5. The molecule has 0 aromatic heterocycles. The van der Waals surface area contributed by atoms with Crippen molar-refractivity contribution in [3.8, 4) is 0 Å². The highest BCUT2D eigenvalue weighted by Crippen LogP contribution is 2.23. The van der Waals surface area contributed by atoms with Crippen LogP contribution in [0.4, 0.5) is 14.9 Å². The monoisotopic (exact) mass is 307 g/mol. The van der Waals surface area contributed by atoms with E-state index in [9.17, 15) is 14.0 Å². The van der Waals surface area contributed by atoms with Crippen LogP contribution < -0.4 is 16.0 Å². The van der Waals surface area contributed by atoms with Crippen molar-refractivity contribution in [3.05, 3.63) is 30.1 Å². The number of hydrogen-bond donors (Lipinski definition) is 3. The van der Waals surface area contributed by atoms with Gasteiger partial charge in [0, 0.05) is 11.7 Å². The number of amides is 3. The van der Waals surface area contributed by atoms with Gasteiger partial charge in [0.1, 0.15) is 5.82 Å². The molecule has 1 aromatic carbocycles. The van der Waals surface area contributed by atoms with Gasteiger partial charge in [-0.1, -0.05) is 19.8 Å². The number of hydrogen-bond acceptors (Lipinski definition) is 2. The predicted octanol–water partition coefficient (Wildman–Crippen LogP) is 2.64. The minimum absolute atomic E-state index is 0.121.